The molecule has 1 N–H and O–H groups in total. The van der Waals surface area contributed by atoms with Gasteiger partial charge in [0.25, 0.3) is 0 Å². The Hall–Kier alpha value is -1.90. The Morgan fingerprint density at radius 1 is 1.41 bits per heavy atom. The number of nitrogens with zero attached hydrogens (tertiary/aromatic N) is 3. The number of carbonyl (C=O) groups excluding carboxylic acids is 1. The van der Waals surface area contributed by atoms with Crippen LogP contribution in [0, 0.1) is 0 Å². The van der Waals surface area contributed by atoms with Crippen LogP contribution in [0.2, 0.25) is 0 Å². The first-order valence-electron chi connectivity index (χ1n) is 6.59. The summed E-state index contributed by atoms with van der Waals surface area (Å²) in [5.41, 5.74) is 0. The number of aromatic nitrogens is 2. The van der Waals surface area contributed by atoms with Gasteiger partial charge in [-0.1, -0.05) is 6.92 Å². The maximum atomic E-state index is 12.3. The van der Waals surface area contributed by atoms with E-state index in [-0.39, 0.29) is 6.54 Å². The van der Waals surface area contributed by atoms with Gasteiger partial charge >= 0.3 is 6.18 Å². The summed E-state index contributed by atoms with van der Waals surface area (Å²) >= 11 is 1.44. The van der Waals surface area contributed by atoms with E-state index in [0.717, 1.165) is 17.3 Å². The molecule has 0 radical (unpaired) electrons. The van der Waals surface area contributed by atoms with Crippen LogP contribution in [0.5, 0.6) is 0 Å². The number of anilines is 1. The second-order valence-electron chi connectivity index (χ2n) is 4.70. The number of rotatable bonds is 5. The van der Waals surface area contributed by atoms with Gasteiger partial charge in [0.15, 0.2) is 0 Å². The molecule has 2 aromatic rings. The molecule has 0 bridgehead atoms. The quantitative estimate of drug-likeness (QED) is 0.915. The molecule has 0 aliphatic heterocycles. The summed E-state index contributed by atoms with van der Waals surface area (Å²) in [6.07, 6.45) is -3.78. The maximum Gasteiger partial charge on any atom is 0.406 e. The van der Waals surface area contributed by atoms with Crippen LogP contribution in [0.15, 0.2) is 11.4 Å². The predicted molar refractivity (Wildman–Crippen MR) is 79.0 cm³/mol. The Kier molecular flexibility index (Phi) is 4.84. The molecular weight excluding hydrogens is 317 g/mol. The highest BCUT2D eigenvalue weighted by molar-refractivity contribution is 7.16. The first-order chi connectivity index (χ1) is 10.3. The normalized spacial score (nSPS) is 11.7. The van der Waals surface area contributed by atoms with E-state index >= 15 is 0 Å². The van der Waals surface area contributed by atoms with Gasteiger partial charge in [-0.05, 0) is 11.4 Å². The SMILES string of the molecule is CCc1nc(NCC(=O)N(C)CC(F)(F)F)c2ccsc2n1. The van der Waals surface area contributed by atoms with E-state index in [2.05, 4.69) is 15.3 Å². The summed E-state index contributed by atoms with van der Waals surface area (Å²) < 4.78 is 36.8. The molecule has 2 aromatic heterocycles. The minimum Gasteiger partial charge on any atom is -0.360 e. The molecule has 1 amide bonds. The third-order valence-electron chi connectivity index (χ3n) is 2.94. The first-order valence-corrected chi connectivity index (χ1v) is 7.47. The van der Waals surface area contributed by atoms with E-state index in [9.17, 15) is 18.0 Å². The average Bonchev–Trinajstić information content (AvgIpc) is 2.90. The molecule has 0 spiro atoms. The zero-order valence-electron chi connectivity index (χ0n) is 12.1. The number of fused-ring (bicyclic) bond motifs is 1. The lowest BCUT2D eigenvalue weighted by Gasteiger charge is -2.19. The molecule has 5 nitrogen and oxygen atoms in total. The molecule has 2 rings (SSSR count). The van der Waals surface area contributed by atoms with Crippen molar-refractivity contribution in [2.24, 2.45) is 0 Å². The van der Waals surface area contributed by atoms with Crippen LogP contribution in [-0.4, -0.2) is 47.1 Å². The van der Waals surface area contributed by atoms with Gasteiger partial charge in [-0.3, -0.25) is 4.79 Å². The van der Waals surface area contributed by atoms with Crippen LogP contribution in [0.4, 0.5) is 19.0 Å². The monoisotopic (exact) mass is 332 g/mol. The van der Waals surface area contributed by atoms with Crippen LogP contribution < -0.4 is 5.32 Å². The number of nitrogens with one attached hydrogen (secondary N) is 1. The van der Waals surface area contributed by atoms with Gasteiger partial charge in [-0.25, -0.2) is 9.97 Å². The lowest BCUT2D eigenvalue weighted by molar-refractivity contribution is -0.157. The summed E-state index contributed by atoms with van der Waals surface area (Å²) in [6.45, 7) is 0.379. The number of amides is 1. The summed E-state index contributed by atoms with van der Waals surface area (Å²) in [7, 11) is 1.12. The number of carbonyl (C=O) groups is 1. The Morgan fingerprint density at radius 2 is 2.14 bits per heavy atom. The fourth-order valence-electron chi connectivity index (χ4n) is 1.84. The number of thiophene rings is 1. The van der Waals surface area contributed by atoms with Crippen LogP contribution in [0.1, 0.15) is 12.7 Å². The molecule has 0 aliphatic rings. The fraction of sp³-hybridized carbons (Fsp3) is 0.462. The number of aryl methyl sites for hydroxylation is 1. The molecule has 2 heterocycles. The zero-order valence-corrected chi connectivity index (χ0v) is 12.9. The number of hydrogen-bond donors (Lipinski definition) is 1. The van der Waals surface area contributed by atoms with Crippen LogP contribution in [-0.2, 0) is 11.2 Å². The highest BCUT2D eigenvalue weighted by Gasteiger charge is 2.31. The molecule has 0 saturated heterocycles. The zero-order chi connectivity index (χ0) is 16.3. The van der Waals surface area contributed by atoms with Crippen LogP contribution in [0.3, 0.4) is 0 Å². The second-order valence-corrected chi connectivity index (χ2v) is 5.59. The van der Waals surface area contributed by atoms with E-state index in [0.29, 0.717) is 23.0 Å². The third-order valence-corrected chi connectivity index (χ3v) is 3.74. The van der Waals surface area contributed by atoms with Gasteiger partial charge in [0, 0.05) is 13.5 Å². The minimum absolute atomic E-state index is 0.252. The minimum atomic E-state index is -4.41. The Labute approximate surface area is 129 Å². The van der Waals surface area contributed by atoms with Crippen molar-refractivity contribution in [1.82, 2.24) is 14.9 Å². The van der Waals surface area contributed by atoms with Gasteiger partial charge in [-0.2, -0.15) is 13.2 Å². The smallest absolute Gasteiger partial charge is 0.360 e. The van der Waals surface area contributed by atoms with Crippen molar-refractivity contribution in [1.29, 1.82) is 0 Å². The van der Waals surface area contributed by atoms with E-state index in [1.165, 1.54) is 11.3 Å². The Morgan fingerprint density at radius 3 is 2.77 bits per heavy atom. The van der Waals surface area contributed by atoms with Crippen LogP contribution in [0.25, 0.3) is 10.2 Å². The van der Waals surface area contributed by atoms with Gasteiger partial charge in [0.05, 0.1) is 11.9 Å². The molecule has 120 valence electrons. The van der Waals surface area contributed by atoms with Crippen molar-refractivity contribution < 1.29 is 18.0 Å². The number of halogens is 3. The van der Waals surface area contributed by atoms with Crippen molar-refractivity contribution in [2.45, 2.75) is 19.5 Å². The second kappa shape index (κ2) is 6.47. The highest BCUT2D eigenvalue weighted by atomic mass is 32.1. The first kappa shape index (κ1) is 16.5. The number of likely N-dealkylation sites (N-methyl/N-ethyl adjacent to an activating group) is 1. The lowest BCUT2D eigenvalue weighted by Crippen LogP contribution is -2.39. The van der Waals surface area contributed by atoms with Gasteiger partial charge in [0.2, 0.25) is 5.91 Å². The lowest BCUT2D eigenvalue weighted by atomic mass is 10.3. The van der Waals surface area contributed by atoms with Crippen molar-refractivity contribution in [3.63, 3.8) is 0 Å². The molecule has 0 fully saturated rings. The molecule has 22 heavy (non-hydrogen) atoms. The van der Waals surface area contributed by atoms with Crippen molar-refractivity contribution >= 4 is 33.3 Å². The van der Waals surface area contributed by atoms with Crippen molar-refractivity contribution in [3.05, 3.63) is 17.3 Å². The maximum absolute atomic E-state index is 12.3. The third kappa shape index (κ3) is 4.06. The largest absolute Gasteiger partial charge is 0.406 e. The van der Waals surface area contributed by atoms with E-state index in [1.807, 2.05) is 18.4 Å². The molecule has 0 aromatic carbocycles. The predicted octanol–water partition coefficient (Wildman–Crippen LogP) is 2.69. The molecule has 0 unspecified atom stereocenters. The highest BCUT2D eigenvalue weighted by Crippen LogP contribution is 2.25. The number of alkyl halides is 3. The average molecular weight is 332 g/mol. The fourth-order valence-corrected chi connectivity index (χ4v) is 2.63. The van der Waals surface area contributed by atoms with E-state index < -0.39 is 18.6 Å². The Bertz CT molecular complexity index is 671. The van der Waals surface area contributed by atoms with Gasteiger partial charge in [0.1, 0.15) is 23.0 Å². The molecule has 0 atom stereocenters. The summed E-state index contributed by atoms with van der Waals surface area (Å²) in [5.74, 6) is 0.433. The summed E-state index contributed by atoms with van der Waals surface area (Å²) in [5, 5.41) is 5.42. The van der Waals surface area contributed by atoms with Crippen LogP contribution >= 0.6 is 11.3 Å². The summed E-state index contributed by atoms with van der Waals surface area (Å²) in [6, 6.07) is 1.81. The number of hydrogen-bond acceptors (Lipinski definition) is 5. The molecule has 0 aliphatic carbocycles. The standard InChI is InChI=1S/C13H15F3N4OS/c1-3-9-18-11(8-4-5-22-12(8)19-9)17-6-10(21)20(2)7-13(14,15)16/h4-5H,3,6-7H2,1-2H3,(H,17,18,19). The molecule has 0 saturated carbocycles. The van der Waals surface area contributed by atoms with E-state index in [4.69, 9.17) is 0 Å². The molecular formula is C13H15F3N4OS. The van der Waals surface area contributed by atoms with Crippen molar-refractivity contribution in [3.8, 4) is 0 Å². The topological polar surface area (TPSA) is 58.1 Å². The molecule has 9 heteroatoms. The Balaban J connectivity index is 2.08. The van der Waals surface area contributed by atoms with E-state index in [1.54, 1.807) is 0 Å². The summed E-state index contributed by atoms with van der Waals surface area (Å²) in [4.78, 5) is 21.8. The van der Waals surface area contributed by atoms with Gasteiger partial charge < -0.3 is 10.2 Å². The van der Waals surface area contributed by atoms with Gasteiger partial charge in [-0.15, -0.1) is 11.3 Å². The van der Waals surface area contributed by atoms with Crippen molar-refractivity contribution in [2.75, 3.05) is 25.5 Å².